The van der Waals surface area contributed by atoms with E-state index in [2.05, 4.69) is 25.1 Å². The lowest BCUT2D eigenvalue weighted by Crippen LogP contribution is -2.12. The van der Waals surface area contributed by atoms with Gasteiger partial charge in [0.05, 0.1) is 10.7 Å². The molecule has 1 N–H and O–H groups in total. The predicted molar refractivity (Wildman–Crippen MR) is 129 cm³/mol. The molecule has 1 aliphatic rings. The van der Waals surface area contributed by atoms with Crippen molar-refractivity contribution in [1.29, 1.82) is 0 Å². The Labute approximate surface area is 196 Å². The Morgan fingerprint density at radius 3 is 2.82 bits per heavy atom. The van der Waals surface area contributed by atoms with Crippen LogP contribution in [0.25, 0.3) is 11.4 Å². The fourth-order valence-electron chi connectivity index (χ4n) is 3.96. The lowest BCUT2D eigenvalue weighted by molar-refractivity contribution is 0.102. The van der Waals surface area contributed by atoms with Crippen molar-refractivity contribution >= 4 is 22.9 Å². The third-order valence-electron chi connectivity index (χ3n) is 5.66. The minimum absolute atomic E-state index is 0.186. The molecule has 5 rings (SSSR count). The maximum absolute atomic E-state index is 12.8. The first-order valence-electron chi connectivity index (χ1n) is 11.1. The van der Waals surface area contributed by atoms with E-state index in [9.17, 15) is 4.79 Å². The second kappa shape index (κ2) is 9.54. The number of benzene rings is 2. The van der Waals surface area contributed by atoms with E-state index >= 15 is 0 Å². The van der Waals surface area contributed by atoms with Gasteiger partial charge in [0.15, 0.2) is 5.82 Å². The summed E-state index contributed by atoms with van der Waals surface area (Å²) in [5.74, 6) is 2.40. The molecular formula is C25H25N5O2S. The SMILES string of the molecule is Cc1nc(COc2cccc(C(=O)Nc3ccc(-c4nnc5n4CCCCC5)cc3)c2)cs1. The van der Waals surface area contributed by atoms with Crippen molar-refractivity contribution in [3.8, 4) is 17.1 Å². The van der Waals surface area contributed by atoms with Gasteiger partial charge in [-0.05, 0) is 62.2 Å². The average Bonchev–Trinajstić information content (AvgIpc) is 3.36. The number of hydrogen-bond donors (Lipinski definition) is 1. The van der Waals surface area contributed by atoms with E-state index in [0.29, 0.717) is 17.9 Å². The van der Waals surface area contributed by atoms with Crippen LogP contribution >= 0.6 is 11.3 Å². The lowest BCUT2D eigenvalue weighted by atomic mass is 10.1. The number of rotatable bonds is 6. The average molecular weight is 460 g/mol. The predicted octanol–water partition coefficient (Wildman–Crippen LogP) is 5.27. The fraction of sp³-hybridized carbons (Fsp3) is 0.280. The third-order valence-corrected chi connectivity index (χ3v) is 6.48. The van der Waals surface area contributed by atoms with Crippen LogP contribution in [-0.2, 0) is 19.6 Å². The molecule has 2 aromatic heterocycles. The van der Waals surface area contributed by atoms with Crippen LogP contribution in [0.2, 0.25) is 0 Å². The smallest absolute Gasteiger partial charge is 0.255 e. The summed E-state index contributed by atoms with van der Waals surface area (Å²) in [4.78, 5) is 17.2. The van der Waals surface area contributed by atoms with Gasteiger partial charge in [0.2, 0.25) is 0 Å². The number of anilines is 1. The molecule has 0 bridgehead atoms. The molecule has 4 aromatic rings. The molecule has 168 valence electrons. The number of aryl methyl sites for hydroxylation is 2. The van der Waals surface area contributed by atoms with Crippen molar-refractivity contribution in [1.82, 2.24) is 19.7 Å². The molecule has 0 saturated heterocycles. The summed E-state index contributed by atoms with van der Waals surface area (Å²) in [6, 6.07) is 14.9. The Morgan fingerprint density at radius 1 is 1.12 bits per heavy atom. The van der Waals surface area contributed by atoms with Gasteiger partial charge in [-0.1, -0.05) is 12.5 Å². The van der Waals surface area contributed by atoms with Crippen molar-refractivity contribution in [2.75, 3.05) is 5.32 Å². The maximum atomic E-state index is 12.8. The van der Waals surface area contributed by atoms with E-state index in [-0.39, 0.29) is 5.91 Å². The molecule has 0 fully saturated rings. The van der Waals surface area contributed by atoms with Gasteiger partial charge in [0.25, 0.3) is 5.91 Å². The van der Waals surface area contributed by atoms with Gasteiger partial charge in [-0.15, -0.1) is 21.5 Å². The molecule has 0 spiro atoms. The topological polar surface area (TPSA) is 81.9 Å². The van der Waals surface area contributed by atoms with Crippen LogP contribution in [0, 0.1) is 6.92 Å². The third kappa shape index (κ3) is 4.96. The maximum Gasteiger partial charge on any atom is 0.255 e. The second-order valence-corrected chi connectivity index (χ2v) is 9.17. The van der Waals surface area contributed by atoms with Crippen molar-refractivity contribution in [3.05, 3.63) is 76.0 Å². The second-order valence-electron chi connectivity index (χ2n) is 8.11. The molecule has 3 heterocycles. The van der Waals surface area contributed by atoms with E-state index in [4.69, 9.17) is 4.74 Å². The van der Waals surface area contributed by atoms with Crippen LogP contribution in [0.3, 0.4) is 0 Å². The first kappa shape index (κ1) is 21.3. The van der Waals surface area contributed by atoms with E-state index in [1.54, 1.807) is 23.5 Å². The number of nitrogens with one attached hydrogen (secondary N) is 1. The monoisotopic (exact) mass is 459 g/mol. The summed E-state index contributed by atoms with van der Waals surface area (Å²) >= 11 is 1.59. The summed E-state index contributed by atoms with van der Waals surface area (Å²) in [7, 11) is 0. The van der Waals surface area contributed by atoms with Gasteiger partial charge in [0.1, 0.15) is 18.2 Å². The quantitative estimate of drug-likeness (QED) is 0.425. The molecule has 8 heteroatoms. The Bertz CT molecular complexity index is 1260. The number of ether oxygens (including phenoxy) is 1. The Balaban J connectivity index is 1.24. The van der Waals surface area contributed by atoms with Crippen LogP contribution in [0.4, 0.5) is 5.69 Å². The number of fused-ring (bicyclic) bond motifs is 1. The highest BCUT2D eigenvalue weighted by atomic mass is 32.1. The van der Waals surface area contributed by atoms with Gasteiger partial charge in [-0.25, -0.2) is 4.98 Å². The zero-order valence-corrected chi connectivity index (χ0v) is 19.3. The van der Waals surface area contributed by atoms with Gasteiger partial charge in [-0.2, -0.15) is 0 Å². The summed E-state index contributed by atoms with van der Waals surface area (Å²) in [5, 5.41) is 14.7. The van der Waals surface area contributed by atoms with Gasteiger partial charge in [-0.3, -0.25) is 4.79 Å². The molecule has 0 radical (unpaired) electrons. The summed E-state index contributed by atoms with van der Waals surface area (Å²) in [5.41, 5.74) is 3.15. The van der Waals surface area contributed by atoms with Crippen molar-refractivity contribution in [3.63, 3.8) is 0 Å². The summed E-state index contributed by atoms with van der Waals surface area (Å²) < 4.78 is 8.03. The molecule has 1 aliphatic heterocycles. The minimum Gasteiger partial charge on any atom is -0.487 e. The number of amides is 1. The van der Waals surface area contributed by atoms with Crippen LogP contribution in [0.15, 0.2) is 53.9 Å². The molecule has 2 aromatic carbocycles. The van der Waals surface area contributed by atoms with E-state index in [0.717, 1.165) is 53.0 Å². The highest BCUT2D eigenvalue weighted by Crippen LogP contribution is 2.24. The molecule has 33 heavy (non-hydrogen) atoms. The van der Waals surface area contributed by atoms with Gasteiger partial charge >= 0.3 is 0 Å². The molecule has 0 atom stereocenters. The molecule has 0 unspecified atom stereocenters. The summed E-state index contributed by atoms with van der Waals surface area (Å²) in [6.07, 6.45) is 4.52. The standard InChI is InChI=1S/C25H25N5O2S/c1-17-26-21(16-33-17)15-32-22-7-5-6-19(14-22)25(31)27-20-11-9-18(10-12-20)24-29-28-23-8-3-2-4-13-30(23)24/h5-7,9-12,14,16H,2-4,8,13,15H2,1H3,(H,27,31). The van der Waals surface area contributed by atoms with Crippen LogP contribution in [0.5, 0.6) is 5.75 Å². The lowest BCUT2D eigenvalue weighted by Gasteiger charge is -2.10. The highest BCUT2D eigenvalue weighted by Gasteiger charge is 2.16. The van der Waals surface area contributed by atoms with E-state index in [1.165, 1.54) is 12.8 Å². The molecule has 0 saturated carbocycles. The van der Waals surface area contributed by atoms with E-state index < -0.39 is 0 Å². The molecule has 0 aliphatic carbocycles. The summed E-state index contributed by atoms with van der Waals surface area (Å²) in [6.45, 7) is 3.30. The Morgan fingerprint density at radius 2 is 2.00 bits per heavy atom. The Kier molecular flexibility index (Phi) is 6.17. The number of nitrogens with zero attached hydrogens (tertiary/aromatic N) is 4. The number of thiazole rings is 1. The van der Waals surface area contributed by atoms with Crippen molar-refractivity contribution < 1.29 is 9.53 Å². The first-order chi connectivity index (χ1) is 16.2. The van der Waals surface area contributed by atoms with Crippen LogP contribution in [0.1, 0.15) is 46.1 Å². The largest absolute Gasteiger partial charge is 0.487 e. The zero-order valence-electron chi connectivity index (χ0n) is 18.5. The number of carbonyl (C=O) groups excluding carboxylic acids is 1. The van der Waals surface area contributed by atoms with Crippen LogP contribution in [-0.4, -0.2) is 25.7 Å². The normalized spacial score (nSPS) is 13.2. The molecule has 7 nitrogen and oxygen atoms in total. The Hall–Kier alpha value is -3.52. The van der Waals surface area contributed by atoms with Gasteiger partial charge in [0, 0.05) is 35.2 Å². The number of hydrogen-bond acceptors (Lipinski definition) is 6. The van der Waals surface area contributed by atoms with Crippen molar-refractivity contribution in [2.45, 2.75) is 45.8 Å². The zero-order chi connectivity index (χ0) is 22.6. The van der Waals surface area contributed by atoms with Crippen LogP contribution < -0.4 is 10.1 Å². The number of carbonyl (C=O) groups is 1. The first-order valence-corrected chi connectivity index (χ1v) is 12.0. The van der Waals surface area contributed by atoms with Crippen molar-refractivity contribution in [2.24, 2.45) is 0 Å². The van der Waals surface area contributed by atoms with E-state index in [1.807, 2.05) is 48.7 Å². The number of aromatic nitrogens is 4. The minimum atomic E-state index is -0.186. The highest BCUT2D eigenvalue weighted by molar-refractivity contribution is 7.09. The molecule has 1 amide bonds. The molecular weight excluding hydrogens is 434 g/mol. The van der Waals surface area contributed by atoms with Gasteiger partial charge < -0.3 is 14.6 Å². The fourth-order valence-corrected chi connectivity index (χ4v) is 4.56.